The normalized spacial score (nSPS) is 20.8. The molecule has 2 heterocycles. The Morgan fingerprint density at radius 3 is 2.38 bits per heavy atom. The Balaban J connectivity index is 1.45. The van der Waals surface area contributed by atoms with Crippen LogP contribution in [0.25, 0.3) is 0 Å². The molecule has 1 aromatic rings. The molecule has 6 heteroatoms. The van der Waals surface area contributed by atoms with Gasteiger partial charge in [0.25, 0.3) is 0 Å². The van der Waals surface area contributed by atoms with Crippen molar-refractivity contribution in [1.82, 2.24) is 20.0 Å². The van der Waals surface area contributed by atoms with E-state index in [2.05, 4.69) is 75.9 Å². The molecule has 1 N–H and O–H groups in total. The van der Waals surface area contributed by atoms with Gasteiger partial charge in [-0.3, -0.25) is 4.99 Å². The molecule has 2 fully saturated rings. The standard InChI is InChI=1S/C23H40N6/c1-19(18-27-11-9-26(5)10-12-27)17-25-23(24-4)29-15-13-28(14-16-29)22-8-6-7-20(2)21(22)3/h6-8,19H,9-18H2,1-5H3,(H,24,25). The Kier molecular flexibility index (Phi) is 7.78. The Morgan fingerprint density at radius 2 is 1.72 bits per heavy atom. The van der Waals surface area contributed by atoms with Crippen molar-refractivity contribution >= 4 is 11.6 Å². The summed E-state index contributed by atoms with van der Waals surface area (Å²) in [6, 6.07) is 6.63. The molecule has 1 atom stereocenters. The summed E-state index contributed by atoms with van der Waals surface area (Å²) in [5.74, 6) is 1.67. The van der Waals surface area contributed by atoms with E-state index in [1.165, 1.54) is 43.0 Å². The average Bonchev–Trinajstić information content (AvgIpc) is 2.73. The quantitative estimate of drug-likeness (QED) is 0.603. The van der Waals surface area contributed by atoms with Crippen molar-refractivity contribution in [3.8, 4) is 0 Å². The molecule has 6 nitrogen and oxygen atoms in total. The number of piperazine rings is 2. The van der Waals surface area contributed by atoms with Crippen LogP contribution in [0.2, 0.25) is 0 Å². The molecule has 2 aliphatic heterocycles. The third-order valence-corrected chi connectivity index (χ3v) is 6.48. The number of hydrogen-bond donors (Lipinski definition) is 1. The fourth-order valence-electron chi connectivity index (χ4n) is 4.37. The molecule has 1 aromatic carbocycles. The number of nitrogens with zero attached hydrogens (tertiary/aromatic N) is 5. The van der Waals surface area contributed by atoms with Crippen molar-refractivity contribution < 1.29 is 0 Å². The molecule has 0 amide bonds. The second kappa shape index (κ2) is 10.3. The van der Waals surface area contributed by atoms with Gasteiger partial charge in [0, 0.05) is 78.2 Å². The van der Waals surface area contributed by atoms with Crippen LogP contribution in [-0.4, -0.2) is 100 Å². The summed E-state index contributed by atoms with van der Waals surface area (Å²) in [4.78, 5) is 14.5. The summed E-state index contributed by atoms with van der Waals surface area (Å²) in [6.07, 6.45) is 0. The van der Waals surface area contributed by atoms with Gasteiger partial charge in [0.05, 0.1) is 0 Å². The maximum absolute atomic E-state index is 4.56. The van der Waals surface area contributed by atoms with Crippen LogP contribution in [-0.2, 0) is 0 Å². The van der Waals surface area contributed by atoms with Gasteiger partial charge in [-0.1, -0.05) is 19.1 Å². The summed E-state index contributed by atoms with van der Waals surface area (Å²) in [7, 11) is 4.12. The van der Waals surface area contributed by atoms with Gasteiger partial charge in [-0.25, -0.2) is 0 Å². The topological polar surface area (TPSA) is 37.4 Å². The predicted molar refractivity (Wildman–Crippen MR) is 124 cm³/mol. The van der Waals surface area contributed by atoms with Crippen LogP contribution >= 0.6 is 0 Å². The molecule has 2 saturated heterocycles. The first-order valence-corrected chi connectivity index (χ1v) is 11.2. The number of likely N-dealkylation sites (N-methyl/N-ethyl adjacent to an activating group) is 1. The predicted octanol–water partition coefficient (Wildman–Crippen LogP) is 1.88. The first-order valence-electron chi connectivity index (χ1n) is 11.2. The molecular weight excluding hydrogens is 360 g/mol. The molecule has 3 rings (SSSR count). The van der Waals surface area contributed by atoms with Crippen molar-refractivity contribution in [3.63, 3.8) is 0 Å². The number of benzene rings is 1. The van der Waals surface area contributed by atoms with E-state index in [0.717, 1.165) is 45.2 Å². The van der Waals surface area contributed by atoms with Crippen molar-refractivity contribution in [2.75, 3.05) is 84.4 Å². The average molecular weight is 401 g/mol. The van der Waals surface area contributed by atoms with Gasteiger partial charge in [-0.2, -0.15) is 0 Å². The van der Waals surface area contributed by atoms with Crippen LogP contribution in [0.1, 0.15) is 18.1 Å². The van der Waals surface area contributed by atoms with Gasteiger partial charge in [-0.05, 0) is 44.0 Å². The summed E-state index contributed by atoms with van der Waals surface area (Å²) in [5.41, 5.74) is 4.16. The molecule has 0 aliphatic carbocycles. The highest BCUT2D eigenvalue weighted by atomic mass is 15.3. The molecule has 0 radical (unpaired) electrons. The van der Waals surface area contributed by atoms with E-state index in [-0.39, 0.29) is 0 Å². The zero-order chi connectivity index (χ0) is 20.8. The van der Waals surface area contributed by atoms with Gasteiger partial charge in [-0.15, -0.1) is 0 Å². The summed E-state index contributed by atoms with van der Waals surface area (Å²) in [5, 5.41) is 3.63. The molecule has 0 spiro atoms. The summed E-state index contributed by atoms with van der Waals surface area (Å²) in [6.45, 7) is 17.8. The lowest BCUT2D eigenvalue weighted by atomic mass is 10.1. The first kappa shape index (κ1) is 21.9. The largest absolute Gasteiger partial charge is 0.368 e. The van der Waals surface area contributed by atoms with Gasteiger partial charge < -0.3 is 24.9 Å². The lowest BCUT2D eigenvalue weighted by Crippen LogP contribution is -2.53. The molecule has 1 unspecified atom stereocenters. The van der Waals surface area contributed by atoms with Crippen molar-refractivity contribution in [1.29, 1.82) is 0 Å². The number of rotatable bonds is 5. The van der Waals surface area contributed by atoms with Crippen LogP contribution in [0.15, 0.2) is 23.2 Å². The fourth-order valence-corrected chi connectivity index (χ4v) is 4.37. The van der Waals surface area contributed by atoms with Crippen LogP contribution in [0.5, 0.6) is 0 Å². The number of nitrogens with one attached hydrogen (secondary N) is 1. The highest BCUT2D eigenvalue weighted by molar-refractivity contribution is 5.80. The third kappa shape index (κ3) is 5.86. The lowest BCUT2D eigenvalue weighted by molar-refractivity contribution is 0.139. The minimum Gasteiger partial charge on any atom is -0.368 e. The van der Waals surface area contributed by atoms with Gasteiger partial charge >= 0.3 is 0 Å². The Morgan fingerprint density at radius 1 is 1.03 bits per heavy atom. The van der Waals surface area contributed by atoms with E-state index < -0.39 is 0 Å². The second-order valence-electron chi connectivity index (χ2n) is 8.83. The number of aliphatic imine (C=N–C) groups is 1. The summed E-state index contributed by atoms with van der Waals surface area (Å²) >= 11 is 0. The van der Waals surface area contributed by atoms with Crippen LogP contribution in [0.4, 0.5) is 5.69 Å². The Hall–Kier alpha value is -1.79. The molecule has 0 saturated carbocycles. The molecule has 0 bridgehead atoms. The van der Waals surface area contributed by atoms with Gasteiger partial charge in [0.2, 0.25) is 0 Å². The SMILES string of the molecule is CN=C(NCC(C)CN1CCN(C)CC1)N1CCN(c2cccc(C)c2C)CC1. The van der Waals surface area contributed by atoms with E-state index in [0.29, 0.717) is 5.92 Å². The second-order valence-corrected chi connectivity index (χ2v) is 8.83. The lowest BCUT2D eigenvalue weighted by Gasteiger charge is -2.39. The molecule has 2 aliphatic rings. The maximum Gasteiger partial charge on any atom is 0.193 e. The maximum atomic E-state index is 4.56. The third-order valence-electron chi connectivity index (χ3n) is 6.48. The molecular formula is C23H40N6. The van der Waals surface area contributed by atoms with E-state index in [4.69, 9.17) is 0 Å². The highest BCUT2D eigenvalue weighted by Crippen LogP contribution is 2.23. The van der Waals surface area contributed by atoms with Crippen LogP contribution < -0.4 is 10.2 Å². The minimum absolute atomic E-state index is 0.617. The zero-order valence-electron chi connectivity index (χ0n) is 19.1. The van der Waals surface area contributed by atoms with Crippen molar-refractivity contribution in [3.05, 3.63) is 29.3 Å². The minimum atomic E-state index is 0.617. The Bertz CT molecular complexity index is 672. The first-order chi connectivity index (χ1) is 14.0. The van der Waals surface area contributed by atoms with E-state index >= 15 is 0 Å². The van der Waals surface area contributed by atoms with Crippen molar-refractivity contribution in [2.45, 2.75) is 20.8 Å². The van der Waals surface area contributed by atoms with E-state index in [1.54, 1.807) is 0 Å². The Labute approximate surface area is 177 Å². The molecule has 0 aromatic heterocycles. The number of aryl methyl sites for hydroxylation is 1. The molecule has 29 heavy (non-hydrogen) atoms. The smallest absolute Gasteiger partial charge is 0.193 e. The van der Waals surface area contributed by atoms with Crippen LogP contribution in [0.3, 0.4) is 0 Å². The number of anilines is 1. The van der Waals surface area contributed by atoms with Gasteiger partial charge in [0.1, 0.15) is 0 Å². The van der Waals surface area contributed by atoms with Gasteiger partial charge in [0.15, 0.2) is 5.96 Å². The zero-order valence-corrected chi connectivity index (χ0v) is 19.1. The fraction of sp³-hybridized carbons (Fsp3) is 0.696. The highest BCUT2D eigenvalue weighted by Gasteiger charge is 2.22. The summed E-state index contributed by atoms with van der Waals surface area (Å²) < 4.78 is 0. The number of hydrogen-bond acceptors (Lipinski definition) is 4. The molecule has 162 valence electrons. The van der Waals surface area contributed by atoms with Crippen LogP contribution in [0, 0.1) is 19.8 Å². The van der Waals surface area contributed by atoms with Crippen molar-refractivity contribution in [2.24, 2.45) is 10.9 Å². The van der Waals surface area contributed by atoms with E-state index in [1.807, 2.05) is 7.05 Å². The van der Waals surface area contributed by atoms with E-state index in [9.17, 15) is 0 Å². The monoisotopic (exact) mass is 400 g/mol. The number of guanidine groups is 1.